The zero-order valence-electron chi connectivity index (χ0n) is 26.9. The van der Waals surface area contributed by atoms with Crippen LogP contribution in [0, 0.1) is 37.9 Å². The zero-order valence-corrected chi connectivity index (χ0v) is 27.7. The number of carbonyl (C=O) groups excluding carboxylic acids is 2. The lowest BCUT2D eigenvalue weighted by Crippen LogP contribution is -2.54. The minimum atomic E-state index is -0.918. The van der Waals surface area contributed by atoms with Crippen molar-refractivity contribution in [3.05, 3.63) is 93.1 Å². The van der Waals surface area contributed by atoms with E-state index in [2.05, 4.69) is 38.9 Å². The molecular weight excluding hydrogens is 635 g/mol. The molecule has 2 aliphatic rings. The molecule has 12 heteroatoms. The van der Waals surface area contributed by atoms with Crippen molar-refractivity contribution in [1.29, 1.82) is 5.26 Å². The molecule has 3 N–H and O–H groups in total. The number of hydrogen-bond donors (Lipinski definition) is 3. The number of fused-ring (bicyclic) bond motifs is 1. The van der Waals surface area contributed by atoms with Crippen molar-refractivity contribution >= 4 is 40.5 Å². The summed E-state index contributed by atoms with van der Waals surface area (Å²) in [6, 6.07) is 15.9. The molecule has 0 saturated carbocycles. The number of unbranched alkanes of at least 4 members (excludes halogenated alkanes) is 1. The third-order valence-corrected chi connectivity index (χ3v) is 9.37. The van der Waals surface area contributed by atoms with Gasteiger partial charge in [-0.1, -0.05) is 28.9 Å². The van der Waals surface area contributed by atoms with Crippen LogP contribution in [0.15, 0.2) is 53.1 Å². The fourth-order valence-electron chi connectivity index (χ4n) is 6.54. The van der Waals surface area contributed by atoms with Crippen molar-refractivity contribution in [3.63, 3.8) is 0 Å². The molecule has 1 aromatic heterocycles. The number of aliphatic hydroxyl groups is 1. The molecule has 10 nitrogen and oxygen atoms in total. The standard InChI is InChI=1S/C36H36ClFN6O4/c1-20-6-7-23(34-21(2)42-48-22(34)3)15-32(20)43(26-9-8-24(18-39)28(37)16-26)13-5-4-12-40-30-17-27-25(14-29(30)38)19-44(36(27)47)31-10-11-33(45)41-35(31)46/h6-9,14-17,31,33,40,45H,4-5,10-13,19H2,1-3H3,(H,41,46). The molecule has 1 saturated heterocycles. The molecule has 248 valence electrons. The van der Waals surface area contributed by atoms with Crippen LogP contribution in [-0.4, -0.2) is 52.3 Å². The number of benzene rings is 3. The smallest absolute Gasteiger partial charge is 0.255 e. The Balaban J connectivity index is 1.16. The summed E-state index contributed by atoms with van der Waals surface area (Å²) in [6.07, 6.45) is 1.18. The van der Waals surface area contributed by atoms with Gasteiger partial charge in [-0.15, -0.1) is 0 Å². The van der Waals surface area contributed by atoms with E-state index in [-0.39, 0.29) is 18.1 Å². The van der Waals surface area contributed by atoms with Gasteiger partial charge >= 0.3 is 0 Å². The summed E-state index contributed by atoms with van der Waals surface area (Å²) in [5, 5.41) is 29.3. The average molecular weight is 671 g/mol. The molecule has 48 heavy (non-hydrogen) atoms. The minimum Gasteiger partial charge on any atom is -0.383 e. The summed E-state index contributed by atoms with van der Waals surface area (Å²) < 4.78 is 20.6. The summed E-state index contributed by atoms with van der Waals surface area (Å²) in [5.74, 6) is -0.464. The van der Waals surface area contributed by atoms with E-state index in [1.165, 1.54) is 17.0 Å². The average Bonchev–Trinajstić information content (AvgIpc) is 3.56. The molecular formula is C36H36ClFN6O4. The van der Waals surface area contributed by atoms with Crippen molar-refractivity contribution in [1.82, 2.24) is 15.4 Å². The highest BCUT2D eigenvalue weighted by Crippen LogP contribution is 2.37. The highest BCUT2D eigenvalue weighted by atomic mass is 35.5. The lowest BCUT2D eigenvalue weighted by molar-refractivity contribution is -0.132. The second-order valence-corrected chi connectivity index (χ2v) is 12.7. The van der Waals surface area contributed by atoms with Crippen molar-refractivity contribution in [2.45, 2.75) is 65.3 Å². The predicted molar refractivity (Wildman–Crippen MR) is 180 cm³/mol. The maximum absolute atomic E-state index is 15.1. The molecule has 4 aromatic rings. The second kappa shape index (κ2) is 13.7. The Morgan fingerprint density at radius 3 is 2.67 bits per heavy atom. The van der Waals surface area contributed by atoms with Gasteiger partial charge in [0.15, 0.2) is 0 Å². The number of aryl methyl sites for hydroxylation is 3. The number of nitrogens with one attached hydrogen (secondary N) is 2. The van der Waals surface area contributed by atoms with Crippen LogP contribution in [0.3, 0.4) is 0 Å². The number of nitriles is 1. The van der Waals surface area contributed by atoms with Crippen LogP contribution in [0.5, 0.6) is 0 Å². The van der Waals surface area contributed by atoms with Gasteiger partial charge in [-0.05, 0) is 99.5 Å². The lowest BCUT2D eigenvalue weighted by Gasteiger charge is -2.32. The molecule has 1 fully saturated rings. The molecule has 0 spiro atoms. The first-order chi connectivity index (χ1) is 23.0. The number of aliphatic hydroxyl groups excluding tert-OH is 1. The Morgan fingerprint density at radius 2 is 1.96 bits per heavy atom. The second-order valence-electron chi connectivity index (χ2n) is 12.3. The van der Waals surface area contributed by atoms with Gasteiger partial charge in [0, 0.05) is 42.1 Å². The number of amides is 2. The Bertz CT molecular complexity index is 1920. The first kappa shape index (κ1) is 33.0. The Kier molecular flexibility index (Phi) is 9.40. The van der Waals surface area contributed by atoms with Crippen LogP contribution in [-0.2, 0) is 11.3 Å². The van der Waals surface area contributed by atoms with Crippen LogP contribution in [0.4, 0.5) is 21.5 Å². The third-order valence-electron chi connectivity index (χ3n) is 9.06. The van der Waals surface area contributed by atoms with Crippen molar-refractivity contribution in [3.8, 4) is 17.2 Å². The van der Waals surface area contributed by atoms with E-state index in [1.54, 1.807) is 12.1 Å². The molecule has 2 atom stereocenters. The van der Waals surface area contributed by atoms with Crippen molar-refractivity contribution in [2.24, 2.45) is 0 Å². The molecule has 3 heterocycles. The third kappa shape index (κ3) is 6.46. The molecule has 0 aliphatic carbocycles. The Morgan fingerprint density at radius 1 is 1.15 bits per heavy atom. The van der Waals surface area contributed by atoms with E-state index in [9.17, 15) is 20.0 Å². The van der Waals surface area contributed by atoms with Crippen LogP contribution in [0.25, 0.3) is 11.1 Å². The van der Waals surface area contributed by atoms with Crippen LogP contribution in [0.2, 0.25) is 5.02 Å². The van der Waals surface area contributed by atoms with E-state index < -0.39 is 24.0 Å². The first-order valence-corrected chi connectivity index (χ1v) is 16.3. The summed E-state index contributed by atoms with van der Waals surface area (Å²) in [6.45, 7) is 7.04. The SMILES string of the molecule is Cc1ccc(-c2c(C)noc2C)cc1N(CCCCNc1cc2c(cc1F)CN(C1CCC(O)NC1=O)C2=O)c1ccc(C#N)c(Cl)c1. The fourth-order valence-corrected chi connectivity index (χ4v) is 6.76. The summed E-state index contributed by atoms with van der Waals surface area (Å²) in [7, 11) is 0. The van der Waals surface area contributed by atoms with Crippen LogP contribution >= 0.6 is 11.6 Å². The highest BCUT2D eigenvalue weighted by Gasteiger charge is 2.39. The molecule has 0 bridgehead atoms. The number of piperidine rings is 1. The zero-order chi connectivity index (χ0) is 34.1. The molecule has 0 radical (unpaired) electrons. The molecule has 2 amide bonds. The van der Waals surface area contributed by atoms with Crippen molar-refractivity contribution < 1.29 is 23.6 Å². The number of aromatic nitrogens is 1. The summed E-state index contributed by atoms with van der Waals surface area (Å²) >= 11 is 6.47. The number of carbonyl (C=O) groups is 2. The van der Waals surface area contributed by atoms with Gasteiger partial charge < -0.3 is 30.1 Å². The van der Waals surface area contributed by atoms with Crippen LogP contribution < -0.4 is 15.5 Å². The van der Waals surface area contributed by atoms with E-state index in [0.29, 0.717) is 54.1 Å². The van der Waals surface area contributed by atoms with Gasteiger partial charge in [0.1, 0.15) is 29.9 Å². The number of anilines is 3. The Hall–Kier alpha value is -4.92. The monoisotopic (exact) mass is 670 g/mol. The normalized spacial score (nSPS) is 17.2. The van der Waals surface area contributed by atoms with Crippen LogP contribution in [0.1, 0.15) is 64.2 Å². The van der Waals surface area contributed by atoms with Crippen molar-refractivity contribution in [2.75, 3.05) is 23.3 Å². The summed E-state index contributed by atoms with van der Waals surface area (Å²) in [4.78, 5) is 29.3. The van der Waals surface area contributed by atoms with Gasteiger partial charge in [0.05, 0.1) is 22.0 Å². The molecule has 2 unspecified atom stereocenters. The molecule has 3 aromatic carbocycles. The number of hydrogen-bond acceptors (Lipinski definition) is 8. The maximum Gasteiger partial charge on any atom is 0.255 e. The highest BCUT2D eigenvalue weighted by molar-refractivity contribution is 6.32. The minimum absolute atomic E-state index is 0.144. The maximum atomic E-state index is 15.1. The van der Waals surface area contributed by atoms with Gasteiger partial charge in [-0.3, -0.25) is 9.59 Å². The van der Waals surface area contributed by atoms with Gasteiger partial charge in [0.25, 0.3) is 5.91 Å². The first-order valence-electron chi connectivity index (χ1n) is 15.9. The van der Waals surface area contributed by atoms with Gasteiger partial charge in [0.2, 0.25) is 5.91 Å². The van der Waals surface area contributed by atoms with E-state index in [0.717, 1.165) is 45.9 Å². The number of halogens is 2. The summed E-state index contributed by atoms with van der Waals surface area (Å²) in [5.41, 5.74) is 7.09. The quantitative estimate of drug-likeness (QED) is 0.163. The van der Waals surface area contributed by atoms with Gasteiger partial charge in [-0.2, -0.15) is 5.26 Å². The topological polar surface area (TPSA) is 135 Å². The van der Waals surface area contributed by atoms with E-state index >= 15 is 4.39 Å². The molecule has 6 rings (SSSR count). The molecule has 2 aliphatic heterocycles. The lowest BCUT2D eigenvalue weighted by atomic mass is 10.0. The largest absolute Gasteiger partial charge is 0.383 e. The number of nitrogens with zero attached hydrogens (tertiary/aromatic N) is 4. The van der Waals surface area contributed by atoms with E-state index in [4.69, 9.17) is 16.1 Å². The predicted octanol–water partition coefficient (Wildman–Crippen LogP) is 6.51. The van der Waals surface area contributed by atoms with E-state index in [1.807, 2.05) is 32.9 Å². The fraction of sp³-hybridized carbons (Fsp3) is 0.333. The Labute approximate surface area is 283 Å². The number of rotatable bonds is 10. The van der Waals surface area contributed by atoms with Gasteiger partial charge in [-0.25, -0.2) is 4.39 Å².